The lowest BCUT2D eigenvalue weighted by Crippen LogP contribution is -1.86. The van der Waals surface area contributed by atoms with E-state index in [-0.39, 0.29) is 0 Å². The molecular weight excluding hydrogens is 171 g/mol. The number of nitrogens with one attached hydrogen (secondary N) is 1. The molecule has 3 heteroatoms. The fraction of sp³-hybridized carbons (Fsp3) is 0.364. The van der Waals surface area contributed by atoms with Gasteiger partial charge in [0.15, 0.2) is 0 Å². The fourth-order valence-corrected chi connectivity index (χ4v) is 1.72. The second-order valence-corrected chi connectivity index (χ2v) is 3.51. The molecule has 0 aliphatic heterocycles. The van der Waals surface area contributed by atoms with Crippen LogP contribution in [0.5, 0.6) is 0 Å². The molecule has 0 aromatic carbocycles. The third kappa shape index (κ3) is 1.81. The molecule has 0 saturated carbocycles. The number of pyridine rings is 1. The summed E-state index contributed by atoms with van der Waals surface area (Å²) in [5.41, 5.74) is 2.39. The molecule has 71 valence electrons. The Bertz CT molecular complexity index is 408. The van der Waals surface area contributed by atoms with Gasteiger partial charge in [0.05, 0.1) is 0 Å². The van der Waals surface area contributed by atoms with Gasteiger partial charge in [0.25, 0.3) is 0 Å². The van der Waals surface area contributed by atoms with Crippen LogP contribution in [0.15, 0.2) is 24.5 Å². The lowest BCUT2D eigenvalue weighted by Gasteiger charge is -1.96. The highest BCUT2D eigenvalue weighted by molar-refractivity contribution is 6.33. The third-order valence-electron chi connectivity index (χ3n) is 2.48. The Morgan fingerprint density at radius 1 is 1.50 bits per heavy atom. The molecule has 0 bridgehead atoms. The van der Waals surface area contributed by atoms with Gasteiger partial charge in [-0.1, -0.05) is 19.6 Å². The van der Waals surface area contributed by atoms with Crippen LogP contribution in [-0.4, -0.2) is 17.2 Å². The number of hydrogen-bond donors (Lipinski definition) is 1. The molecule has 0 fully saturated rings. The molecule has 0 atom stereocenters. The fourth-order valence-electron chi connectivity index (χ4n) is 1.72. The first-order valence-electron chi connectivity index (χ1n) is 5.10. The minimum absolute atomic E-state index is 1.00. The van der Waals surface area contributed by atoms with Gasteiger partial charge in [-0.25, -0.2) is 4.98 Å². The molecule has 0 saturated heterocycles. The number of H-pyrrole nitrogens is 1. The first kappa shape index (κ1) is 9.32. The molecular formula is C11H14BN2. The van der Waals surface area contributed by atoms with Crippen molar-refractivity contribution in [3.05, 3.63) is 30.1 Å². The van der Waals surface area contributed by atoms with Crippen LogP contribution in [0.2, 0.25) is 13.1 Å². The van der Waals surface area contributed by atoms with E-state index in [0.717, 1.165) is 12.1 Å². The molecule has 0 aliphatic carbocycles. The molecule has 0 spiro atoms. The van der Waals surface area contributed by atoms with Crippen molar-refractivity contribution in [1.82, 2.24) is 9.97 Å². The van der Waals surface area contributed by atoms with E-state index >= 15 is 0 Å². The summed E-state index contributed by atoms with van der Waals surface area (Å²) < 4.78 is 0. The maximum absolute atomic E-state index is 4.27. The second kappa shape index (κ2) is 4.31. The Morgan fingerprint density at radius 3 is 3.29 bits per heavy atom. The van der Waals surface area contributed by atoms with Gasteiger partial charge < -0.3 is 4.98 Å². The summed E-state index contributed by atoms with van der Waals surface area (Å²) in [6.07, 6.45) is 7.44. The second-order valence-electron chi connectivity index (χ2n) is 3.51. The van der Waals surface area contributed by atoms with Crippen molar-refractivity contribution in [1.29, 1.82) is 0 Å². The summed E-state index contributed by atoms with van der Waals surface area (Å²) in [5, 5.41) is 1.27. The first-order valence-corrected chi connectivity index (χ1v) is 5.10. The van der Waals surface area contributed by atoms with Gasteiger partial charge in [-0.3, -0.25) is 0 Å². The Labute approximate surface area is 85.0 Å². The molecule has 2 nitrogen and oxygen atoms in total. The van der Waals surface area contributed by atoms with E-state index < -0.39 is 0 Å². The van der Waals surface area contributed by atoms with E-state index in [0.29, 0.717) is 0 Å². The third-order valence-corrected chi connectivity index (χ3v) is 2.48. The topological polar surface area (TPSA) is 28.7 Å². The number of hydrogen-bond acceptors (Lipinski definition) is 1. The molecule has 2 aromatic heterocycles. The van der Waals surface area contributed by atoms with E-state index in [9.17, 15) is 0 Å². The van der Waals surface area contributed by atoms with Gasteiger partial charge in [0.2, 0.25) is 0 Å². The van der Waals surface area contributed by atoms with Gasteiger partial charge in [0.1, 0.15) is 12.9 Å². The van der Waals surface area contributed by atoms with Gasteiger partial charge in [0, 0.05) is 17.8 Å². The van der Waals surface area contributed by atoms with Crippen molar-refractivity contribution in [2.24, 2.45) is 0 Å². The summed E-state index contributed by atoms with van der Waals surface area (Å²) in [6.45, 7) is 2.11. The minimum Gasteiger partial charge on any atom is -0.346 e. The lowest BCUT2D eigenvalue weighted by atomic mass is 9.76. The summed E-state index contributed by atoms with van der Waals surface area (Å²) in [5.74, 6) is 0. The Hall–Kier alpha value is -1.25. The minimum atomic E-state index is 1.00. The van der Waals surface area contributed by atoms with Crippen LogP contribution in [0.4, 0.5) is 0 Å². The average molecular weight is 185 g/mol. The Morgan fingerprint density at radius 2 is 2.43 bits per heavy atom. The maximum atomic E-state index is 4.27. The van der Waals surface area contributed by atoms with E-state index in [2.05, 4.69) is 36.3 Å². The van der Waals surface area contributed by atoms with Crippen molar-refractivity contribution >= 4 is 18.3 Å². The van der Waals surface area contributed by atoms with Crippen LogP contribution in [-0.2, 0) is 6.42 Å². The van der Waals surface area contributed by atoms with Gasteiger partial charge in [-0.05, 0) is 24.1 Å². The Kier molecular flexibility index (Phi) is 2.87. The molecule has 2 heterocycles. The maximum Gasteiger partial charge on any atom is 0.137 e. The van der Waals surface area contributed by atoms with E-state index in [1.165, 1.54) is 23.7 Å². The summed E-state index contributed by atoms with van der Waals surface area (Å²) in [4.78, 5) is 7.46. The highest BCUT2D eigenvalue weighted by Gasteiger charge is 2.02. The van der Waals surface area contributed by atoms with Crippen LogP contribution in [0, 0.1) is 0 Å². The average Bonchev–Trinajstić information content (AvgIpc) is 2.63. The van der Waals surface area contributed by atoms with Crippen LogP contribution >= 0.6 is 0 Å². The largest absolute Gasteiger partial charge is 0.346 e. The monoisotopic (exact) mass is 185 g/mol. The highest BCUT2D eigenvalue weighted by atomic mass is 14.8. The predicted molar refractivity (Wildman–Crippen MR) is 60.8 cm³/mol. The van der Waals surface area contributed by atoms with Crippen LogP contribution < -0.4 is 0 Å². The molecule has 14 heavy (non-hydrogen) atoms. The zero-order valence-electron chi connectivity index (χ0n) is 8.46. The first-order chi connectivity index (χ1) is 6.92. The van der Waals surface area contributed by atoms with Gasteiger partial charge in [-0.2, -0.15) is 0 Å². The van der Waals surface area contributed by atoms with Crippen molar-refractivity contribution in [2.45, 2.75) is 26.0 Å². The molecule has 1 radical (unpaired) electrons. The van der Waals surface area contributed by atoms with Crippen LogP contribution in [0.1, 0.15) is 12.0 Å². The van der Waals surface area contributed by atoms with Crippen molar-refractivity contribution in [3.8, 4) is 0 Å². The number of aromatic nitrogens is 2. The summed E-state index contributed by atoms with van der Waals surface area (Å²) in [6, 6.07) is 4.12. The van der Waals surface area contributed by atoms with Gasteiger partial charge >= 0.3 is 0 Å². The zero-order chi connectivity index (χ0) is 9.80. The van der Waals surface area contributed by atoms with Crippen LogP contribution in [0.25, 0.3) is 11.0 Å². The summed E-state index contributed by atoms with van der Waals surface area (Å²) in [7, 11) is 2.22. The smallest absolute Gasteiger partial charge is 0.137 e. The highest BCUT2D eigenvalue weighted by Crippen LogP contribution is 2.17. The molecule has 0 amide bonds. The van der Waals surface area contributed by atoms with Crippen molar-refractivity contribution < 1.29 is 0 Å². The Balaban J connectivity index is 2.17. The van der Waals surface area contributed by atoms with E-state index in [4.69, 9.17) is 0 Å². The lowest BCUT2D eigenvalue weighted by molar-refractivity contribution is 0.922. The number of aryl methyl sites for hydroxylation is 1. The number of fused-ring (bicyclic) bond motifs is 1. The molecule has 1 N–H and O–H groups in total. The van der Waals surface area contributed by atoms with Crippen LogP contribution in [0.3, 0.4) is 0 Å². The zero-order valence-corrected chi connectivity index (χ0v) is 8.46. The molecule has 2 rings (SSSR count). The number of aromatic amines is 1. The number of nitrogens with zero attached hydrogens (tertiary/aromatic N) is 1. The quantitative estimate of drug-likeness (QED) is 0.575. The molecule has 0 unspecified atom stereocenters. The van der Waals surface area contributed by atoms with Gasteiger partial charge in [-0.15, -0.1) is 0 Å². The standard InChI is InChI=1S/C11H14BN2/c1-12-6-2-4-9-8-14-11-10(9)5-3-7-13-11/h3,5,7-8H,2,4,6H2,1H3,(H,13,14). The normalized spacial score (nSPS) is 10.6. The summed E-state index contributed by atoms with van der Waals surface area (Å²) >= 11 is 0. The number of rotatable bonds is 4. The molecule has 0 aliphatic rings. The van der Waals surface area contributed by atoms with E-state index in [1.54, 1.807) is 0 Å². The van der Waals surface area contributed by atoms with E-state index in [1.807, 2.05) is 12.3 Å². The van der Waals surface area contributed by atoms with Crippen molar-refractivity contribution in [2.75, 3.05) is 0 Å². The van der Waals surface area contributed by atoms with Crippen molar-refractivity contribution in [3.63, 3.8) is 0 Å². The molecule has 2 aromatic rings. The SMILES string of the molecule is C[B]CCCc1c[nH]c2ncccc12. The predicted octanol–water partition coefficient (Wildman–Crippen LogP) is 2.67.